The van der Waals surface area contributed by atoms with Crippen LogP contribution < -0.4 is 0 Å². The van der Waals surface area contributed by atoms with Crippen LogP contribution in [0.5, 0.6) is 0 Å². The van der Waals surface area contributed by atoms with Crippen LogP contribution in [0.2, 0.25) is 0 Å². The fourth-order valence-corrected chi connectivity index (χ4v) is 0.175. The predicted octanol–water partition coefficient (Wildman–Crippen LogP) is 1.37. The summed E-state index contributed by atoms with van der Waals surface area (Å²) in [4.78, 5) is 0. The van der Waals surface area contributed by atoms with Gasteiger partial charge < -0.3 is 5.11 Å². The monoisotopic (exact) mass is 138 g/mol. The molecule has 2 nitrogen and oxygen atoms in total. The van der Waals surface area contributed by atoms with Crippen LogP contribution in [0.15, 0.2) is 0 Å². The minimum Gasteiger partial charge on any atom is -0.377 e. The van der Waals surface area contributed by atoms with Gasteiger partial charge in [-0.3, -0.25) is 0 Å². The molecular formula is C4H3F3NO. The van der Waals surface area contributed by atoms with Crippen molar-refractivity contribution in [2.24, 2.45) is 0 Å². The van der Waals surface area contributed by atoms with Crippen LogP contribution in [0.4, 0.5) is 13.2 Å². The zero-order chi connectivity index (χ0) is 7.49. The Bertz CT molecular complexity index is 125. The molecule has 0 aliphatic rings. The zero-order valence-corrected chi connectivity index (χ0v) is 4.24. The molecule has 0 rings (SSSR count). The van der Waals surface area contributed by atoms with Gasteiger partial charge >= 0.3 is 6.18 Å². The maximum absolute atomic E-state index is 11.2. The number of hydrogen-bond acceptors (Lipinski definition) is 2. The molecule has 0 aromatic heterocycles. The number of aliphatic hydroxyl groups excluding tert-OH is 1. The second-order valence-electron chi connectivity index (χ2n) is 1.28. The number of alkyl halides is 3. The summed E-state index contributed by atoms with van der Waals surface area (Å²) in [7, 11) is 0. The van der Waals surface area contributed by atoms with Gasteiger partial charge in [0.1, 0.15) is 0 Å². The van der Waals surface area contributed by atoms with Crippen molar-refractivity contribution < 1.29 is 18.3 Å². The fourth-order valence-electron chi connectivity index (χ4n) is 0.175. The van der Waals surface area contributed by atoms with E-state index in [-0.39, 0.29) is 0 Å². The maximum Gasteiger partial charge on any atom is 0.421 e. The summed E-state index contributed by atoms with van der Waals surface area (Å²) in [5.41, 5.74) is 0. The molecule has 0 saturated carbocycles. The predicted molar refractivity (Wildman–Crippen MR) is 21.5 cm³/mol. The normalized spacial score (nSPS) is 11.6. The molecular weight excluding hydrogens is 135 g/mol. The molecule has 5 heteroatoms. The highest BCUT2D eigenvalue weighted by Gasteiger charge is 2.39. The highest BCUT2D eigenvalue weighted by Crippen LogP contribution is 2.27. The number of halogens is 3. The number of hydrogen-bond donors (Lipinski definition) is 1. The molecule has 0 aliphatic carbocycles. The van der Waals surface area contributed by atoms with Crippen molar-refractivity contribution in [1.82, 2.24) is 0 Å². The molecule has 0 aliphatic heterocycles. The van der Waals surface area contributed by atoms with Gasteiger partial charge in [-0.15, -0.1) is 0 Å². The molecule has 0 aromatic rings. The lowest BCUT2D eigenvalue weighted by atomic mass is 10.3. The standard InChI is InChI=1S/C4H3F3NO/c5-4(6,7)3(9)1-2-8/h9H,1H2. The maximum atomic E-state index is 11.2. The number of nitriles is 1. The molecule has 0 heterocycles. The molecule has 0 aromatic carbocycles. The van der Waals surface area contributed by atoms with E-state index in [0.717, 1.165) is 0 Å². The summed E-state index contributed by atoms with van der Waals surface area (Å²) in [6, 6.07) is 1.17. The van der Waals surface area contributed by atoms with E-state index in [9.17, 15) is 13.2 Å². The van der Waals surface area contributed by atoms with E-state index < -0.39 is 18.7 Å². The van der Waals surface area contributed by atoms with Gasteiger partial charge in [-0.1, -0.05) is 0 Å². The van der Waals surface area contributed by atoms with Crippen molar-refractivity contribution in [3.8, 4) is 6.07 Å². The molecule has 0 atom stereocenters. The van der Waals surface area contributed by atoms with Crippen LogP contribution in [0.1, 0.15) is 6.42 Å². The molecule has 1 radical (unpaired) electrons. The van der Waals surface area contributed by atoms with Crippen LogP contribution in [-0.4, -0.2) is 11.3 Å². The quantitative estimate of drug-likeness (QED) is 0.594. The van der Waals surface area contributed by atoms with Crippen molar-refractivity contribution in [3.05, 3.63) is 6.10 Å². The summed E-state index contributed by atoms with van der Waals surface area (Å²) >= 11 is 0. The van der Waals surface area contributed by atoms with E-state index in [1.807, 2.05) is 0 Å². The van der Waals surface area contributed by atoms with Crippen LogP contribution in [0, 0.1) is 17.4 Å². The Kier molecular flexibility index (Phi) is 2.46. The minimum atomic E-state index is -4.74. The first-order valence-corrected chi connectivity index (χ1v) is 1.97. The molecule has 51 valence electrons. The van der Waals surface area contributed by atoms with Gasteiger partial charge in [0, 0.05) is 0 Å². The molecule has 0 amide bonds. The first-order valence-electron chi connectivity index (χ1n) is 1.97. The van der Waals surface area contributed by atoms with E-state index in [1.165, 1.54) is 6.07 Å². The van der Waals surface area contributed by atoms with Gasteiger partial charge in [0.05, 0.1) is 12.5 Å². The largest absolute Gasteiger partial charge is 0.421 e. The lowest BCUT2D eigenvalue weighted by molar-refractivity contribution is -0.154. The second kappa shape index (κ2) is 2.69. The zero-order valence-electron chi connectivity index (χ0n) is 4.24. The third-order valence-corrected chi connectivity index (χ3v) is 0.574. The molecule has 0 unspecified atom stereocenters. The molecule has 0 fully saturated rings. The SMILES string of the molecule is N#CC[C](O)C(F)(F)F. The summed E-state index contributed by atoms with van der Waals surface area (Å²) < 4.78 is 33.6. The highest BCUT2D eigenvalue weighted by atomic mass is 19.4. The first kappa shape index (κ1) is 8.24. The molecule has 0 spiro atoms. The van der Waals surface area contributed by atoms with Crippen molar-refractivity contribution >= 4 is 0 Å². The second-order valence-corrected chi connectivity index (χ2v) is 1.28. The van der Waals surface area contributed by atoms with Crippen molar-refractivity contribution in [2.45, 2.75) is 12.6 Å². The number of aliphatic hydroxyl groups is 1. The van der Waals surface area contributed by atoms with E-state index in [0.29, 0.717) is 0 Å². The van der Waals surface area contributed by atoms with Gasteiger partial charge in [-0.05, 0) is 0 Å². The third kappa shape index (κ3) is 2.93. The summed E-state index contributed by atoms with van der Waals surface area (Å²) in [6.45, 7) is 0. The number of nitrogens with zero attached hydrogens (tertiary/aromatic N) is 1. The lowest BCUT2D eigenvalue weighted by Gasteiger charge is -2.07. The van der Waals surface area contributed by atoms with Crippen molar-refractivity contribution in [3.63, 3.8) is 0 Å². The molecule has 0 saturated heterocycles. The minimum absolute atomic E-state index is 0.983. The van der Waals surface area contributed by atoms with Crippen LogP contribution in [-0.2, 0) is 0 Å². The Balaban J connectivity index is 3.76. The van der Waals surface area contributed by atoms with Gasteiger partial charge in [-0.2, -0.15) is 18.4 Å². The van der Waals surface area contributed by atoms with Crippen LogP contribution >= 0.6 is 0 Å². The van der Waals surface area contributed by atoms with Gasteiger partial charge in [0.2, 0.25) is 6.10 Å². The van der Waals surface area contributed by atoms with Crippen LogP contribution in [0.25, 0.3) is 0 Å². The van der Waals surface area contributed by atoms with Gasteiger partial charge in [0.15, 0.2) is 0 Å². The Morgan fingerprint density at radius 3 is 2.11 bits per heavy atom. The van der Waals surface area contributed by atoms with Gasteiger partial charge in [0.25, 0.3) is 0 Å². The smallest absolute Gasteiger partial charge is 0.377 e. The van der Waals surface area contributed by atoms with Crippen molar-refractivity contribution in [1.29, 1.82) is 5.26 Å². The fraction of sp³-hybridized carbons (Fsp3) is 0.500. The van der Waals surface area contributed by atoms with E-state index in [1.54, 1.807) is 0 Å². The Hall–Kier alpha value is -0.760. The molecule has 1 N–H and O–H groups in total. The summed E-state index contributed by atoms with van der Waals surface area (Å²) in [6.07, 6.45) is -7.47. The van der Waals surface area contributed by atoms with Gasteiger partial charge in [-0.25, -0.2) is 0 Å². The van der Waals surface area contributed by atoms with E-state index >= 15 is 0 Å². The summed E-state index contributed by atoms with van der Waals surface area (Å²) in [5.74, 6) is 0. The first-order chi connectivity index (χ1) is 3.98. The Labute approximate surface area is 49.5 Å². The Morgan fingerprint density at radius 2 is 2.00 bits per heavy atom. The number of rotatable bonds is 1. The summed E-state index contributed by atoms with van der Waals surface area (Å²) in [5, 5.41) is 15.6. The average molecular weight is 138 g/mol. The average Bonchev–Trinajstić information content (AvgIpc) is 1.64. The van der Waals surface area contributed by atoms with E-state index in [2.05, 4.69) is 0 Å². The third-order valence-electron chi connectivity index (χ3n) is 0.574. The Morgan fingerprint density at radius 1 is 1.56 bits per heavy atom. The molecule has 9 heavy (non-hydrogen) atoms. The van der Waals surface area contributed by atoms with Crippen LogP contribution in [0.3, 0.4) is 0 Å². The topological polar surface area (TPSA) is 44.0 Å². The highest BCUT2D eigenvalue weighted by molar-refractivity contribution is 4.93. The van der Waals surface area contributed by atoms with E-state index in [4.69, 9.17) is 10.4 Å². The van der Waals surface area contributed by atoms with Crippen molar-refractivity contribution in [2.75, 3.05) is 0 Å². The lowest BCUT2D eigenvalue weighted by Crippen LogP contribution is -2.19. The molecule has 0 bridgehead atoms.